The number of allylic oxidation sites excluding steroid dienone is 2. The largest absolute Gasteiger partial charge is 0.445 e. The minimum absolute atomic E-state index is 0.110. The summed E-state index contributed by atoms with van der Waals surface area (Å²) in [4.78, 5) is 11.9. The number of carbonyl (C=O) groups excluding carboxylic acids is 1. The molecule has 0 aromatic carbocycles. The van der Waals surface area contributed by atoms with Gasteiger partial charge in [0.25, 0.3) is 0 Å². The predicted octanol–water partition coefficient (Wildman–Crippen LogP) is 4.71. The summed E-state index contributed by atoms with van der Waals surface area (Å²) in [6, 6.07) is 0. The number of ether oxygens (including phenoxy) is 1. The van der Waals surface area contributed by atoms with Gasteiger partial charge in [-0.1, -0.05) is 29.6 Å². The van der Waals surface area contributed by atoms with Gasteiger partial charge in [-0.15, -0.1) is 6.42 Å². The summed E-state index contributed by atoms with van der Waals surface area (Å²) in [7, 11) is 0. The van der Waals surface area contributed by atoms with Crippen LogP contribution in [-0.2, 0) is 9.53 Å². The van der Waals surface area contributed by atoms with E-state index in [1.807, 2.05) is 0 Å². The van der Waals surface area contributed by atoms with Gasteiger partial charge in [0.15, 0.2) is 5.60 Å². The van der Waals surface area contributed by atoms with Crippen LogP contribution in [0.1, 0.15) is 71.6 Å². The summed E-state index contributed by atoms with van der Waals surface area (Å²) in [5.74, 6) is 4.59. The Morgan fingerprint density at radius 2 is 2.15 bits per heavy atom. The Bertz CT molecular complexity index is 732. The number of hydrogen-bond acceptors (Lipinski definition) is 4. The second kappa shape index (κ2) is 6.69. The van der Waals surface area contributed by atoms with Crippen molar-refractivity contribution in [2.45, 2.75) is 77.2 Å². The first-order valence-electron chi connectivity index (χ1n) is 10.6. The van der Waals surface area contributed by atoms with Gasteiger partial charge in [-0.25, -0.2) is 0 Å². The van der Waals surface area contributed by atoms with Gasteiger partial charge in [-0.2, -0.15) is 0 Å². The van der Waals surface area contributed by atoms with Crippen LogP contribution < -0.4 is 0 Å². The zero-order valence-corrected chi connectivity index (χ0v) is 16.5. The molecule has 4 rings (SSSR count). The number of hydrogen-bond donors (Lipinski definition) is 1. The lowest BCUT2D eigenvalue weighted by atomic mass is 9.49. The molecule has 1 N–H and O–H groups in total. The maximum Gasteiger partial charge on any atom is 0.304 e. The second-order valence-electron chi connectivity index (χ2n) is 9.01. The molecule has 0 amide bonds. The van der Waals surface area contributed by atoms with Crippen LogP contribution in [0.15, 0.2) is 16.8 Å². The van der Waals surface area contributed by atoms with E-state index in [0.29, 0.717) is 23.7 Å². The van der Waals surface area contributed by atoms with Crippen molar-refractivity contribution in [2.24, 2.45) is 34.2 Å². The lowest BCUT2D eigenvalue weighted by Crippen LogP contribution is -2.55. The Hall–Kier alpha value is -1.76. The Morgan fingerprint density at radius 3 is 2.81 bits per heavy atom. The van der Waals surface area contributed by atoms with E-state index in [0.717, 1.165) is 57.1 Å². The zero-order valence-electron chi connectivity index (χ0n) is 16.5. The number of carbonyl (C=O) groups is 1. The molecule has 0 aromatic rings. The quantitative estimate of drug-likeness (QED) is 0.252. The fourth-order valence-electron chi connectivity index (χ4n) is 7.46. The molecule has 146 valence electrons. The molecule has 27 heavy (non-hydrogen) atoms. The zero-order chi connectivity index (χ0) is 19.2. The summed E-state index contributed by atoms with van der Waals surface area (Å²) >= 11 is 0. The molecule has 4 heteroatoms. The maximum atomic E-state index is 11.9. The van der Waals surface area contributed by atoms with Crippen molar-refractivity contribution in [2.75, 3.05) is 0 Å². The molecule has 0 aromatic heterocycles. The van der Waals surface area contributed by atoms with Crippen LogP contribution >= 0.6 is 0 Å². The molecule has 4 nitrogen and oxygen atoms in total. The van der Waals surface area contributed by atoms with Gasteiger partial charge in [0.2, 0.25) is 0 Å². The van der Waals surface area contributed by atoms with Crippen LogP contribution in [-0.4, -0.2) is 22.5 Å². The van der Waals surface area contributed by atoms with Crippen molar-refractivity contribution >= 4 is 11.7 Å². The molecule has 4 aliphatic rings. The highest BCUT2D eigenvalue weighted by Gasteiger charge is 2.65. The van der Waals surface area contributed by atoms with Crippen LogP contribution in [0.4, 0.5) is 0 Å². The molecule has 0 bridgehead atoms. The van der Waals surface area contributed by atoms with Crippen molar-refractivity contribution in [3.8, 4) is 12.3 Å². The molecule has 0 unspecified atom stereocenters. The average molecular weight is 370 g/mol. The highest BCUT2D eigenvalue weighted by Crippen LogP contribution is 2.66. The lowest BCUT2D eigenvalue weighted by Gasteiger charge is -2.56. The number of terminal acetylenes is 1. The lowest BCUT2D eigenvalue weighted by molar-refractivity contribution is -0.170. The van der Waals surface area contributed by atoms with E-state index >= 15 is 0 Å². The predicted molar refractivity (Wildman–Crippen MR) is 104 cm³/mol. The van der Waals surface area contributed by atoms with E-state index in [1.165, 1.54) is 18.9 Å². The molecule has 6 atom stereocenters. The summed E-state index contributed by atoms with van der Waals surface area (Å²) in [6.07, 6.45) is 17.4. The Morgan fingerprint density at radius 1 is 1.33 bits per heavy atom. The number of oxime groups is 1. The van der Waals surface area contributed by atoms with E-state index < -0.39 is 5.60 Å². The summed E-state index contributed by atoms with van der Waals surface area (Å²) in [5, 5.41) is 13.3. The van der Waals surface area contributed by atoms with Crippen molar-refractivity contribution in [3.05, 3.63) is 11.6 Å². The first kappa shape index (κ1) is 18.6. The summed E-state index contributed by atoms with van der Waals surface area (Å²) < 4.78 is 5.89. The maximum absolute atomic E-state index is 11.9. The van der Waals surface area contributed by atoms with Crippen LogP contribution in [0.25, 0.3) is 0 Å². The standard InChI is InChI=1S/C23H31NO3/c1-4-22-13-11-18-17(10-9-16-7-6-8-20(24-26)21(16)18)19(22)12-14-23(22,5-2)27-15(3)25/h2,7,17-19,21,26H,4,6,8-14H2,1,3H3/b24-20+/t17-,18+,19+,21+,22+,23+/m1/s1. The minimum atomic E-state index is -0.750. The number of nitrogens with zero attached hydrogens (tertiary/aromatic N) is 1. The SMILES string of the molecule is C#C[C@]1(OC(C)=O)CC[C@H]2[C@@H]3CCC4=CCC/C(=N\O)[C@@H]4[C@H]3CC[C@@]21CC. The molecule has 0 radical (unpaired) electrons. The Balaban J connectivity index is 1.71. The van der Waals surface area contributed by atoms with Gasteiger partial charge in [0.1, 0.15) is 0 Å². The molecule has 3 saturated carbocycles. The van der Waals surface area contributed by atoms with Crippen LogP contribution in [0.5, 0.6) is 0 Å². The highest BCUT2D eigenvalue weighted by molar-refractivity contribution is 5.90. The van der Waals surface area contributed by atoms with Crippen LogP contribution in [0.2, 0.25) is 0 Å². The molecule has 4 aliphatic carbocycles. The first-order valence-corrected chi connectivity index (χ1v) is 10.6. The molecular formula is C23H31NO3. The fourth-order valence-corrected chi connectivity index (χ4v) is 7.46. The third-order valence-corrected chi connectivity index (χ3v) is 8.38. The van der Waals surface area contributed by atoms with E-state index in [2.05, 4.69) is 24.1 Å². The third kappa shape index (κ3) is 2.50. The normalized spacial score (nSPS) is 44.5. The van der Waals surface area contributed by atoms with Gasteiger partial charge in [0, 0.05) is 18.3 Å². The smallest absolute Gasteiger partial charge is 0.304 e. The third-order valence-electron chi connectivity index (χ3n) is 8.38. The Kier molecular flexibility index (Phi) is 4.61. The highest BCUT2D eigenvalue weighted by atomic mass is 16.6. The number of rotatable bonds is 2. The second-order valence-corrected chi connectivity index (χ2v) is 9.01. The van der Waals surface area contributed by atoms with Gasteiger partial charge in [-0.3, -0.25) is 4.79 Å². The Labute approximate surface area is 162 Å². The van der Waals surface area contributed by atoms with E-state index in [4.69, 9.17) is 11.2 Å². The fraction of sp³-hybridized carbons (Fsp3) is 0.739. The average Bonchev–Trinajstić information content (AvgIpc) is 3.01. The molecular weight excluding hydrogens is 338 g/mol. The van der Waals surface area contributed by atoms with E-state index in [9.17, 15) is 10.0 Å². The molecule has 0 saturated heterocycles. The van der Waals surface area contributed by atoms with Gasteiger partial charge in [-0.05, 0) is 75.5 Å². The monoisotopic (exact) mass is 369 g/mol. The molecule has 0 spiro atoms. The molecule has 0 heterocycles. The van der Waals surface area contributed by atoms with Crippen molar-refractivity contribution in [1.29, 1.82) is 0 Å². The number of fused-ring (bicyclic) bond motifs is 5. The molecule has 3 fully saturated rings. The van der Waals surface area contributed by atoms with Crippen LogP contribution in [0, 0.1) is 41.4 Å². The number of esters is 1. The van der Waals surface area contributed by atoms with Gasteiger partial charge < -0.3 is 9.94 Å². The van der Waals surface area contributed by atoms with Crippen molar-refractivity contribution in [1.82, 2.24) is 0 Å². The van der Waals surface area contributed by atoms with Crippen LogP contribution in [0.3, 0.4) is 0 Å². The molecule has 0 aliphatic heterocycles. The van der Waals surface area contributed by atoms with Crippen molar-refractivity contribution < 1.29 is 14.7 Å². The minimum Gasteiger partial charge on any atom is -0.445 e. The summed E-state index contributed by atoms with van der Waals surface area (Å²) in [5.41, 5.74) is 1.61. The summed E-state index contributed by atoms with van der Waals surface area (Å²) in [6.45, 7) is 3.69. The van der Waals surface area contributed by atoms with Crippen molar-refractivity contribution in [3.63, 3.8) is 0 Å². The van der Waals surface area contributed by atoms with E-state index in [-0.39, 0.29) is 11.4 Å². The van der Waals surface area contributed by atoms with E-state index in [1.54, 1.807) is 0 Å². The van der Waals surface area contributed by atoms with Gasteiger partial charge >= 0.3 is 5.97 Å². The first-order chi connectivity index (χ1) is 13.0. The van der Waals surface area contributed by atoms with Gasteiger partial charge in [0.05, 0.1) is 5.71 Å². The topological polar surface area (TPSA) is 58.9 Å².